The third-order valence-corrected chi connectivity index (χ3v) is 4.13. The number of alkyl halides is 3. The van der Waals surface area contributed by atoms with Gasteiger partial charge in [0, 0.05) is 5.02 Å². The predicted octanol–water partition coefficient (Wildman–Crippen LogP) is 4.05. The number of anilines is 1. The van der Waals surface area contributed by atoms with Crippen LogP contribution in [0.2, 0.25) is 10.0 Å². The molecule has 7 nitrogen and oxygen atoms in total. The first-order valence-electron chi connectivity index (χ1n) is 7.59. The van der Waals surface area contributed by atoms with E-state index in [4.69, 9.17) is 58.0 Å². The highest BCUT2D eigenvalue weighted by molar-refractivity contribution is 6.76. The largest absolute Gasteiger partial charge is 0.326 e. The van der Waals surface area contributed by atoms with Crippen LogP contribution in [0.25, 0.3) is 0 Å². The fourth-order valence-corrected chi connectivity index (χ4v) is 2.48. The molecule has 0 aliphatic carbocycles. The summed E-state index contributed by atoms with van der Waals surface area (Å²) in [4.78, 5) is 35.8. The van der Waals surface area contributed by atoms with E-state index in [1.165, 1.54) is 6.07 Å². The molecular formula is C15H17Cl5N4O3. The third kappa shape index (κ3) is 8.62. The first-order chi connectivity index (χ1) is 12.4. The Morgan fingerprint density at radius 1 is 1.11 bits per heavy atom. The van der Waals surface area contributed by atoms with E-state index >= 15 is 0 Å². The zero-order chi connectivity index (χ0) is 20.8. The van der Waals surface area contributed by atoms with Gasteiger partial charge >= 0.3 is 6.03 Å². The number of nitrogens with one attached hydrogen (secondary N) is 4. The predicted molar refractivity (Wildman–Crippen MR) is 108 cm³/mol. The molecule has 27 heavy (non-hydrogen) atoms. The number of amides is 4. The van der Waals surface area contributed by atoms with Crippen LogP contribution in [0.3, 0.4) is 0 Å². The molecule has 1 rings (SSSR count). The first-order valence-corrected chi connectivity index (χ1v) is 9.48. The van der Waals surface area contributed by atoms with Crippen LogP contribution in [0, 0.1) is 5.92 Å². The summed E-state index contributed by atoms with van der Waals surface area (Å²) in [5.74, 6) is -1.64. The summed E-state index contributed by atoms with van der Waals surface area (Å²) < 4.78 is -2.31. The minimum atomic E-state index is -2.31. The van der Waals surface area contributed by atoms with E-state index in [1.54, 1.807) is 12.1 Å². The number of hydrazine groups is 1. The number of hydrogen-bond donors (Lipinski definition) is 4. The monoisotopic (exact) mass is 476 g/mol. The van der Waals surface area contributed by atoms with Gasteiger partial charge in [-0.25, -0.2) is 4.79 Å². The Hall–Kier alpha value is -1.12. The number of halogens is 5. The Balaban J connectivity index is 2.73. The van der Waals surface area contributed by atoms with Gasteiger partial charge in [-0.3, -0.25) is 25.8 Å². The topological polar surface area (TPSA) is 99.3 Å². The second-order valence-electron chi connectivity index (χ2n) is 5.85. The normalized spacial score (nSPS) is 12.3. The highest BCUT2D eigenvalue weighted by atomic mass is 35.6. The minimum absolute atomic E-state index is 0.0593. The molecule has 0 saturated heterocycles. The van der Waals surface area contributed by atoms with Gasteiger partial charge in [0.25, 0.3) is 15.6 Å². The van der Waals surface area contributed by atoms with Crippen LogP contribution in [0.5, 0.6) is 0 Å². The zero-order valence-corrected chi connectivity index (χ0v) is 18.0. The van der Waals surface area contributed by atoms with Crippen molar-refractivity contribution in [2.75, 3.05) is 5.43 Å². The van der Waals surface area contributed by atoms with Gasteiger partial charge in [-0.15, -0.1) is 0 Å². The summed E-state index contributed by atoms with van der Waals surface area (Å²) in [7, 11) is 0. The van der Waals surface area contributed by atoms with Crippen molar-refractivity contribution in [3.63, 3.8) is 0 Å². The van der Waals surface area contributed by atoms with Crippen LogP contribution in [0.1, 0.15) is 20.3 Å². The minimum Gasteiger partial charge on any atom is -0.326 e. The molecular weight excluding hydrogens is 461 g/mol. The molecule has 0 bridgehead atoms. The van der Waals surface area contributed by atoms with Gasteiger partial charge in [0.2, 0.25) is 0 Å². The van der Waals surface area contributed by atoms with E-state index in [0.29, 0.717) is 15.7 Å². The van der Waals surface area contributed by atoms with E-state index in [0.717, 1.165) is 0 Å². The molecule has 0 aliphatic rings. The highest BCUT2D eigenvalue weighted by Gasteiger charge is 2.33. The molecule has 1 atom stereocenters. The number of hydrogen-bond acceptors (Lipinski definition) is 4. The zero-order valence-electron chi connectivity index (χ0n) is 14.2. The van der Waals surface area contributed by atoms with Gasteiger partial charge in [-0.1, -0.05) is 71.9 Å². The summed E-state index contributed by atoms with van der Waals surface area (Å²) in [6, 6.07) is 2.71. The number of rotatable bonds is 6. The Labute approximate surface area is 181 Å². The van der Waals surface area contributed by atoms with Crippen molar-refractivity contribution >= 4 is 81.5 Å². The van der Waals surface area contributed by atoms with Gasteiger partial charge in [0.05, 0.1) is 10.7 Å². The Morgan fingerprint density at radius 2 is 1.74 bits per heavy atom. The number of urea groups is 1. The van der Waals surface area contributed by atoms with Crippen molar-refractivity contribution in [3.05, 3.63) is 28.2 Å². The fraction of sp³-hybridized carbons (Fsp3) is 0.400. The second kappa shape index (κ2) is 10.4. The van der Waals surface area contributed by atoms with Crippen molar-refractivity contribution < 1.29 is 14.4 Å². The lowest BCUT2D eigenvalue weighted by Gasteiger charge is -2.21. The van der Waals surface area contributed by atoms with E-state index in [-0.39, 0.29) is 12.3 Å². The summed E-state index contributed by atoms with van der Waals surface area (Å²) in [6.07, 6.45) is 0.289. The molecule has 150 valence electrons. The average molecular weight is 479 g/mol. The molecule has 4 N–H and O–H groups in total. The van der Waals surface area contributed by atoms with Crippen molar-refractivity contribution in [1.29, 1.82) is 0 Å². The number of imide groups is 1. The van der Waals surface area contributed by atoms with Crippen molar-refractivity contribution in [1.82, 2.24) is 16.1 Å². The Bertz CT molecular complexity index is 709. The molecule has 0 saturated carbocycles. The highest BCUT2D eigenvalue weighted by Crippen LogP contribution is 2.26. The number of carbonyl (C=O) groups is 3. The van der Waals surface area contributed by atoms with Gasteiger partial charge in [0.15, 0.2) is 0 Å². The van der Waals surface area contributed by atoms with Crippen LogP contribution in [0.4, 0.5) is 10.5 Å². The molecule has 1 aromatic rings. The summed E-state index contributed by atoms with van der Waals surface area (Å²) in [5.41, 5.74) is 5.48. The number of benzene rings is 1. The average Bonchev–Trinajstić information content (AvgIpc) is 2.51. The molecule has 0 fully saturated rings. The standard InChI is InChI=1S/C15H17Cl5N4O3/c1-7(2)5-11(21-14(27)22-13(26)15(18,19)20)12(25)24-23-10-4-3-8(16)6-9(10)17/h3-4,6-7,11,23H,5H2,1-2H3,(H,24,25)(H2,21,22,26,27). The number of carbonyl (C=O) groups excluding carboxylic acids is 3. The lowest BCUT2D eigenvalue weighted by atomic mass is 10.0. The maximum atomic E-state index is 12.4. The molecule has 0 aromatic heterocycles. The first kappa shape index (κ1) is 23.9. The molecule has 12 heteroatoms. The smallest absolute Gasteiger partial charge is 0.322 e. The van der Waals surface area contributed by atoms with Gasteiger partial charge in [-0.05, 0) is 30.5 Å². The quantitative estimate of drug-likeness (QED) is 0.366. The SMILES string of the molecule is CC(C)CC(NC(=O)NC(=O)C(Cl)(Cl)Cl)C(=O)NNc1ccc(Cl)cc1Cl. The van der Waals surface area contributed by atoms with Crippen molar-refractivity contribution in [2.24, 2.45) is 5.92 Å². The van der Waals surface area contributed by atoms with Crippen molar-refractivity contribution in [3.8, 4) is 0 Å². The molecule has 0 heterocycles. The van der Waals surface area contributed by atoms with E-state index in [2.05, 4.69) is 16.2 Å². The Kier molecular flexibility index (Phi) is 9.24. The molecule has 4 amide bonds. The maximum Gasteiger partial charge on any atom is 0.322 e. The van der Waals surface area contributed by atoms with E-state index in [1.807, 2.05) is 19.2 Å². The molecule has 0 spiro atoms. The molecule has 1 aromatic carbocycles. The lowest BCUT2D eigenvalue weighted by molar-refractivity contribution is -0.123. The van der Waals surface area contributed by atoms with Crippen LogP contribution in [-0.2, 0) is 9.59 Å². The van der Waals surface area contributed by atoms with Gasteiger partial charge in [0.1, 0.15) is 6.04 Å². The van der Waals surface area contributed by atoms with Gasteiger partial charge in [-0.2, -0.15) is 0 Å². The van der Waals surface area contributed by atoms with E-state index in [9.17, 15) is 14.4 Å². The lowest BCUT2D eigenvalue weighted by Crippen LogP contribution is -2.53. The third-order valence-electron chi connectivity index (χ3n) is 3.06. The molecule has 1 unspecified atom stereocenters. The summed E-state index contributed by atoms with van der Waals surface area (Å²) >= 11 is 28.0. The van der Waals surface area contributed by atoms with Crippen LogP contribution in [0.15, 0.2) is 18.2 Å². The summed E-state index contributed by atoms with van der Waals surface area (Å²) in [5, 5.41) is 4.94. The Morgan fingerprint density at radius 3 is 2.26 bits per heavy atom. The molecule has 0 aliphatic heterocycles. The molecule has 0 radical (unpaired) electrons. The fourth-order valence-electron chi connectivity index (χ4n) is 1.88. The van der Waals surface area contributed by atoms with E-state index < -0.39 is 27.7 Å². The van der Waals surface area contributed by atoms with Gasteiger partial charge < -0.3 is 5.32 Å². The maximum absolute atomic E-state index is 12.4. The second-order valence-corrected chi connectivity index (χ2v) is 8.97. The van der Waals surface area contributed by atoms with Crippen LogP contribution < -0.4 is 21.5 Å². The van der Waals surface area contributed by atoms with Crippen LogP contribution >= 0.6 is 58.0 Å². The summed E-state index contributed by atoms with van der Waals surface area (Å²) in [6.45, 7) is 3.71. The van der Waals surface area contributed by atoms with Crippen molar-refractivity contribution in [2.45, 2.75) is 30.1 Å². The van der Waals surface area contributed by atoms with Crippen LogP contribution in [-0.4, -0.2) is 27.7 Å².